The Morgan fingerprint density at radius 3 is 2.42 bits per heavy atom. The molecular formula is C18H23F3N2O3. The lowest BCUT2D eigenvalue weighted by atomic mass is 9.91. The number of urea groups is 1. The van der Waals surface area contributed by atoms with Crippen LogP contribution in [0.5, 0.6) is 0 Å². The van der Waals surface area contributed by atoms with Crippen LogP contribution in [0.2, 0.25) is 0 Å². The third kappa shape index (κ3) is 5.12. The van der Waals surface area contributed by atoms with E-state index in [1.54, 1.807) is 0 Å². The van der Waals surface area contributed by atoms with Gasteiger partial charge in [-0.3, -0.25) is 4.79 Å². The molecule has 8 heteroatoms. The number of nitrogens with one attached hydrogen (secondary N) is 1. The summed E-state index contributed by atoms with van der Waals surface area (Å²) in [5.41, 5.74) is -0.0202. The van der Waals surface area contributed by atoms with Crippen molar-refractivity contribution in [3.05, 3.63) is 35.4 Å². The molecule has 0 aliphatic carbocycles. The summed E-state index contributed by atoms with van der Waals surface area (Å²) in [6.07, 6.45) is -3.83. The fourth-order valence-electron chi connectivity index (χ4n) is 3.17. The van der Waals surface area contributed by atoms with Gasteiger partial charge in [-0.1, -0.05) is 26.0 Å². The van der Waals surface area contributed by atoms with E-state index in [4.69, 9.17) is 5.11 Å². The van der Waals surface area contributed by atoms with Crippen LogP contribution in [0.25, 0.3) is 0 Å². The van der Waals surface area contributed by atoms with Crippen LogP contribution in [0.3, 0.4) is 0 Å². The van der Waals surface area contributed by atoms with Crippen LogP contribution in [0.1, 0.15) is 37.3 Å². The highest BCUT2D eigenvalue weighted by Gasteiger charge is 2.32. The van der Waals surface area contributed by atoms with E-state index in [1.807, 2.05) is 13.8 Å². The average molecular weight is 372 g/mol. The molecular weight excluding hydrogens is 349 g/mol. The molecule has 2 rings (SSSR count). The van der Waals surface area contributed by atoms with Crippen LogP contribution >= 0.6 is 0 Å². The highest BCUT2D eigenvalue weighted by atomic mass is 19.4. The second-order valence-corrected chi connectivity index (χ2v) is 6.99. The molecule has 1 saturated heterocycles. The summed E-state index contributed by atoms with van der Waals surface area (Å²) in [5.74, 6) is -1.55. The van der Waals surface area contributed by atoms with E-state index in [2.05, 4.69) is 5.32 Å². The number of benzene rings is 1. The number of hydrogen-bond donors (Lipinski definition) is 2. The van der Waals surface area contributed by atoms with Crippen LogP contribution in [0.4, 0.5) is 18.0 Å². The lowest BCUT2D eigenvalue weighted by Gasteiger charge is -2.34. The summed E-state index contributed by atoms with van der Waals surface area (Å²) in [7, 11) is 0. The SMILES string of the molecule is CC1CC(C(=O)O)CN(C(=O)NCC(C)c2ccc(C(F)(F)F)cc2)C1. The Labute approximate surface area is 150 Å². The number of piperidine rings is 1. The van der Waals surface area contributed by atoms with E-state index in [-0.39, 0.29) is 31.0 Å². The smallest absolute Gasteiger partial charge is 0.416 e. The van der Waals surface area contributed by atoms with Crippen molar-refractivity contribution in [2.45, 2.75) is 32.4 Å². The molecule has 2 N–H and O–H groups in total. The molecule has 144 valence electrons. The van der Waals surface area contributed by atoms with E-state index < -0.39 is 23.6 Å². The van der Waals surface area contributed by atoms with Gasteiger partial charge in [0.05, 0.1) is 11.5 Å². The summed E-state index contributed by atoms with van der Waals surface area (Å²) in [6.45, 7) is 4.62. The number of alkyl halides is 3. The molecule has 0 aromatic heterocycles. The normalized spacial score (nSPS) is 22.0. The number of carboxylic acid groups (broad SMARTS) is 1. The summed E-state index contributed by atoms with van der Waals surface area (Å²) in [5, 5.41) is 11.9. The van der Waals surface area contributed by atoms with Gasteiger partial charge in [0.1, 0.15) is 0 Å². The number of halogens is 3. The molecule has 1 aromatic rings. The minimum atomic E-state index is -4.37. The fourth-order valence-corrected chi connectivity index (χ4v) is 3.17. The number of carbonyl (C=O) groups excluding carboxylic acids is 1. The molecule has 1 fully saturated rings. The van der Waals surface area contributed by atoms with E-state index in [0.717, 1.165) is 12.1 Å². The van der Waals surface area contributed by atoms with Crippen LogP contribution in [0.15, 0.2) is 24.3 Å². The van der Waals surface area contributed by atoms with Gasteiger partial charge in [0, 0.05) is 19.6 Å². The van der Waals surface area contributed by atoms with Crippen molar-refractivity contribution in [2.75, 3.05) is 19.6 Å². The lowest BCUT2D eigenvalue weighted by Crippen LogP contribution is -2.50. The number of amides is 2. The average Bonchev–Trinajstić information content (AvgIpc) is 2.58. The molecule has 2 amide bonds. The maximum atomic E-state index is 12.6. The first-order chi connectivity index (χ1) is 12.1. The number of rotatable bonds is 4. The fraction of sp³-hybridized carbons (Fsp3) is 0.556. The Morgan fingerprint density at radius 1 is 1.27 bits per heavy atom. The zero-order valence-electron chi connectivity index (χ0n) is 14.7. The molecule has 3 atom stereocenters. The van der Waals surface area contributed by atoms with Gasteiger partial charge in [0.2, 0.25) is 0 Å². The Bertz CT molecular complexity index is 646. The molecule has 0 saturated carbocycles. The Kier molecular flexibility index (Phi) is 6.15. The Balaban J connectivity index is 1.91. The van der Waals surface area contributed by atoms with Crippen LogP contribution in [-0.2, 0) is 11.0 Å². The number of aliphatic carboxylic acids is 1. The van der Waals surface area contributed by atoms with Gasteiger partial charge in [0.25, 0.3) is 0 Å². The second kappa shape index (κ2) is 7.97. The van der Waals surface area contributed by atoms with E-state index in [0.29, 0.717) is 18.5 Å². The topological polar surface area (TPSA) is 69.6 Å². The van der Waals surface area contributed by atoms with Crippen molar-refractivity contribution in [3.63, 3.8) is 0 Å². The monoisotopic (exact) mass is 372 g/mol. The quantitative estimate of drug-likeness (QED) is 0.849. The van der Waals surface area contributed by atoms with Gasteiger partial charge < -0.3 is 15.3 Å². The first-order valence-electron chi connectivity index (χ1n) is 8.50. The Morgan fingerprint density at radius 2 is 1.88 bits per heavy atom. The molecule has 1 heterocycles. The van der Waals surface area contributed by atoms with Crippen LogP contribution < -0.4 is 5.32 Å². The van der Waals surface area contributed by atoms with Crippen molar-refractivity contribution in [3.8, 4) is 0 Å². The third-order valence-electron chi connectivity index (χ3n) is 4.66. The van der Waals surface area contributed by atoms with E-state index in [1.165, 1.54) is 17.0 Å². The molecule has 1 aliphatic heterocycles. The molecule has 0 spiro atoms. The second-order valence-electron chi connectivity index (χ2n) is 6.99. The molecule has 3 unspecified atom stereocenters. The standard InChI is InChI=1S/C18H23F3N2O3/c1-11-7-14(16(24)25)10-23(9-11)17(26)22-8-12(2)13-3-5-15(6-4-13)18(19,20)21/h3-6,11-12,14H,7-10H2,1-2H3,(H,22,26)(H,24,25). The highest BCUT2D eigenvalue weighted by Crippen LogP contribution is 2.30. The summed E-state index contributed by atoms with van der Waals surface area (Å²) >= 11 is 0. The zero-order chi connectivity index (χ0) is 19.5. The molecule has 1 aliphatic rings. The van der Waals surface area contributed by atoms with Crippen molar-refractivity contribution in [1.82, 2.24) is 10.2 Å². The van der Waals surface area contributed by atoms with Gasteiger partial charge in [-0.15, -0.1) is 0 Å². The molecule has 5 nitrogen and oxygen atoms in total. The highest BCUT2D eigenvalue weighted by molar-refractivity contribution is 5.76. The predicted molar refractivity (Wildman–Crippen MR) is 89.7 cm³/mol. The summed E-state index contributed by atoms with van der Waals surface area (Å²) in [6, 6.07) is 4.52. The molecule has 0 radical (unpaired) electrons. The Hall–Kier alpha value is -2.25. The number of carbonyl (C=O) groups is 2. The van der Waals surface area contributed by atoms with Crippen LogP contribution in [-0.4, -0.2) is 41.6 Å². The van der Waals surface area contributed by atoms with Crippen molar-refractivity contribution in [2.24, 2.45) is 11.8 Å². The van der Waals surface area contributed by atoms with Gasteiger partial charge in [0.15, 0.2) is 0 Å². The first kappa shape index (κ1) is 20.1. The van der Waals surface area contributed by atoms with E-state index in [9.17, 15) is 22.8 Å². The lowest BCUT2D eigenvalue weighted by molar-refractivity contribution is -0.143. The number of carboxylic acids is 1. The zero-order valence-corrected chi connectivity index (χ0v) is 14.7. The number of likely N-dealkylation sites (tertiary alicyclic amines) is 1. The maximum absolute atomic E-state index is 12.6. The van der Waals surface area contributed by atoms with Crippen LogP contribution in [0, 0.1) is 11.8 Å². The van der Waals surface area contributed by atoms with Crippen molar-refractivity contribution >= 4 is 12.0 Å². The largest absolute Gasteiger partial charge is 0.481 e. The van der Waals surface area contributed by atoms with Crippen molar-refractivity contribution in [1.29, 1.82) is 0 Å². The first-order valence-corrected chi connectivity index (χ1v) is 8.50. The summed E-state index contributed by atoms with van der Waals surface area (Å²) in [4.78, 5) is 25.0. The predicted octanol–water partition coefficient (Wildman–Crippen LogP) is 3.56. The number of nitrogens with zero attached hydrogens (tertiary/aromatic N) is 1. The molecule has 0 bridgehead atoms. The maximum Gasteiger partial charge on any atom is 0.416 e. The van der Waals surface area contributed by atoms with Gasteiger partial charge >= 0.3 is 18.2 Å². The number of hydrogen-bond acceptors (Lipinski definition) is 2. The van der Waals surface area contributed by atoms with Crippen molar-refractivity contribution < 1.29 is 27.9 Å². The van der Waals surface area contributed by atoms with Gasteiger partial charge in [-0.25, -0.2) is 4.79 Å². The minimum Gasteiger partial charge on any atom is -0.481 e. The molecule has 26 heavy (non-hydrogen) atoms. The van der Waals surface area contributed by atoms with Gasteiger partial charge in [-0.2, -0.15) is 13.2 Å². The summed E-state index contributed by atoms with van der Waals surface area (Å²) < 4.78 is 37.8. The minimum absolute atomic E-state index is 0.0999. The molecule has 1 aromatic carbocycles. The van der Waals surface area contributed by atoms with Gasteiger partial charge in [-0.05, 0) is 36.0 Å². The van der Waals surface area contributed by atoms with E-state index >= 15 is 0 Å². The third-order valence-corrected chi connectivity index (χ3v) is 4.66.